The monoisotopic (exact) mass is 339 g/mol. The quantitative estimate of drug-likeness (QED) is 0.365. The fourth-order valence-electron chi connectivity index (χ4n) is 3.17. The third kappa shape index (κ3) is 8.70. The van der Waals surface area contributed by atoms with Crippen LogP contribution in [0.2, 0.25) is 0 Å². The van der Waals surface area contributed by atoms with Crippen LogP contribution in [0.5, 0.6) is 0 Å². The van der Waals surface area contributed by atoms with Gasteiger partial charge in [-0.25, -0.2) is 0 Å². The van der Waals surface area contributed by atoms with Gasteiger partial charge in [-0.05, 0) is 18.8 Å². The molecule has 1 amide bonds. The van der Waals surface area contributed by atoms with Gasteiger partial charge in [0.25, 0.3) is 0 Å². The van der Waals surface area contributed by atoms with E-state index < -0.39 is 0 Å². The van der Waals surface area contributed by atoms with E-state index in [0.717, 1.165) is 31.7 Å². The van der Waals surface area contributed by atoms with Crippen molar-refractivity contribution in [3.63, 3.8) is 0 Å². The van der Waals surface area contributed by atoms with E-state index in [9.17, 15) is 9.59 Å². The van der Waals surface area contributed by atoms with Gasteiger partial charge < -0.3 is 9.64 Å². The first kappa shape index (κ1) is 21.0. The summed E-state index contributed by atoms with van der Waals surface area (Å²) in [5.74, 6) is 0.466. The number of carbonyl (C=O) groups excluding carboxylic acids is 2. The molecule has 0 aromatic rings. The SMILES string of the molecule is CCCCCCOC(=O)C1CC(=O)N(CCCCCCC(C)C)C1. The number of carbonyl (C=O) groups is 2. The number of ether oxygens (including phenoxy) is 1. The standard InChI is InChI=1S/C20H37NO3/c1-4-5-6-11-14-24-20(23)18-15-19(22)21(16-18)13-10-8-7-9-12-17(2)3/h17-18H,4-16H2,1-3H3. The van der Waals surface area contributed by atoms with Gasteiger partial charge >= 0.3 is 5.97 Å². The lowest BCUT2D eigenvalue weighted by Crippen LogP contribution is -2.27. The third-order valence-electron chi connectivity index (χ3n) is 4.75. The molecule has 0 aliphatic carbocycles. The topological polar surface area (TPSA) is 46.6 Å². The molecule has 0 aromatic heterocycles. The van der Waals surface area contributed by atoms with E-state index in [-0.39, 0.29) is 17.8 Å². The summed E-state index contributed by atoms with van der Waals surface area (Å²) in [6, 6.07) is 0. The van der Waals surface area contributed by atoms with E-state index in [1.807, 2.05) is 4.90 Å². The number of rotatable bonds is 13. The molecule has 0 radical (unpaired) electrons. The molecule has 0 saturated carbocycles. The van der Waals surface area contributed by atoms with Crippen LogP contribution in [0, 0.1) is 11.8 Å². The van der Waals surface area contributed by atoms with Crippen LogP contribution in [0.3, 0.4) is 0 Å². The van der Waals surface area contributed by atoms with E-state index in [0.29, 0.717) is 19.6 Å². The van der Waals surface area contributed by atoms with Crippen LogP contribution in [0.1, 0.15) is 85.0 Å². The number of amides is 1. The average Bonchev–Trinajstić information content (AvgIpc) is 2.91. The van der Waals surface area contributed by atoms with E-state index >= 15 is 0 Å². The second-order valence-electron chi connectivity index (χ2n) is 7.57. The van der Waals surface area contributed by atoms with Crippen LogP contribution in [-0.4, -0.2) is 36.5 Å². The Labute approximate surface area is 148 Å². The largest absolute Gasteiger partial charge is 0.465 e. The molecule has 1 saturated heterocycles. The van der Waals surface area contributed by atoms with Gasteiger partial charge in [0.15, 0.2) is 0 Å². The van der Waals surface area contributed by atoms with Crippen molar-refractivity contribution < 1.29 is 14.3 Å². The lowest BCUT2D eigenvalue weighted by atomic mass is 10.0. The molecule has 1 atom stereocenters. The molecular formula is C20H37NO3. The van der Waals surface area contributed by atoms with Crippen molar-refractivity contribution in [2.75, 3.05) is 19.7 Å². The van der Waals surface area contributed by atoms with Crippen molar-refractivity contribution in [2.45, 2.75) is 85.0 Å². The molecule has 0 N–H and O–H groups in total. The molecule has 0 spiro atoms. The summed E-state index contributed by atoms with van der Waals surface area (Å²) in [7, 11) is 0. The molecule has 140 valence electrons. The van der Waals surface area contributed by atoms with E-state index in [4.69, 9.17) is 4.74 Å². The molecule has 4 nitrogen and oxygen atoms in total. The fourth-order valence-corrected chi connectivity index (χ4v) is 3.17. The Hall–Kier alpha value is -1.06. The Balaban J connectivity index is 2.12. The molecule has 1 fully saturated rings. The number of likely N-dealkylation sites (tertiary alicyclic amines) is 1. The molecule has 1 aliphatic heterocycles. The van der Waals surface area contributed by atoms with E-state index in [2.05, 4.69) is 20.8 Å². The molecule has 0 bridgehead atoms. The van der Waals surface area contributed by atoms with Gasteiger partial charge in [0, 0.05) is 19.5 Å². The third-order valence-corrected chi connectivity index (χ3v) is 4.75. The van der Waals surface area contributed by atoms with Gasteiger partial charge in [0.05, 0.1) is 12.5 Å². The molecule has 1 aliphatic rings. The van der Waals surface area contributed by atoms with Crippen molar-refractivity contribution in [3.05, 3.63) is 0 Å². The number of unbranched alkanes of at least 4 members (excludes halogenated alkanes) is 6. The summed E-state index contributed by atoms with van der Waals surface area (Å²) in [6.07, 6.45) is 10.8. The summed E-state index contributed by atoms with van der Waals surface area (Å²) in [5.41, 5.74) is 0. The van der Waals surface area contributed by atoms with E-state index in [1.165, 1.54) is 38.5 Å². The summed E-state index contributed by atoms with van der Waals surface area (Å²) in [4.78, 5) is 25.9. The average molecular weight is 340 g/mol. The Morgan fingerprint density at radius 2 is 1.83 bits per heavy atom. The maximum Gasteiger partial charge on any atom is 0.311 e. The van der Waals surface area contributed by atoms with Gasteiger partial charge in [-0.2, -0.15) is 0 Å². The van der Waals surface area contributed by atoms with Crippen molar-refractivity contribution >= 4 is 11.9 Å². The maximum absolute atomic E-state index is 12.0. The number of nitrogens with zero attached hydrogens (tertiary/aromatic N) is 1. The highest BCUT2D eigenvalue weighted by atomic mass is 16.5. The van der Waals surface area contributed by atoms with Gasteiger partial charge in [-0.15, -0.1) is 0 Å². The minimum atomic E-state index is -0.246. The zero-order valence-electron chi connectivity index (χ0n) is 16.0. The van der Waals surface area contributed by atoms with Gasteiger partial charge in [0.1, 0.15) is 0 Å². The van der Waals surface area contributed by atoms with Crippen molar-refractivity contribution in [1.82, 2.24) is 4.90 Å². The first-order chi connectivity index (χ1) is 11.5. The van der Waals surface area contributed by atoms with Gasteiger partial charge in [-0.3, -0.25) is 9.59 Å². The summed E-state index contributed by atoms with van der Waals surface area (Å²) in [5, 5.41) is 0. The zero-order valence-corrected chi connectivity index (χ0v) is 16.0. The number of hydrogen-bond acceptors (Lipinski definition) is 3. The highest BCUT2D eigenvalue weighted by molar-refractivity contribution is 5.86. The fraction of sp³-hybridized carbons (Fsp3) is 0.900. The van der Waals surface area contributed by atoms with Crippen LogP contribution < -0.4 is 0 Å². The molecule has 4 heteroatoms. The van der Waals surface area contributed by atoms with Crippen LogP contribution in [0.25, 0.3) is 0 Å². The van der Waals surface area contributed by atoms with Crippen molar-refractivity contribution in [3.8, 4) is 0 Å². The minimum absolute atomic E-state index is 0.116. The van der Waals surface area contributed by atoms with Crippen LogP contribution in [0.4, 0.5) is 0 Å². The molecule has 24 heavy (non-hydrogen) atoms. The van der Waals surface area contributed by atoms with Crippen LogP contribution in [0.15, 0.2) is 0 Å². The van der Waals surface area contributed by atoms with Gasteiger partial charge in [-0.1, -0.05) is 65.7 Å². The molecular weight excluding hydrogens is 302 g/mol. The van der Waals surface area contributed by atoms with Crippen LogP contribution in [-0.2, 0) is 14.3 Å². The number of esters is 1. The second kappa shape index (κ2) is 12.3. The van der Waals surface area contributed by atoms with Crippen molar-refractivity contribution in [1.29, 1.82) is 0 Å². The first-order valence-electron chi connectivity index (χ1n) is 9.99. The molecule has 1 rings (SSSR count). The highest BCUT2D eigenvalue weighted by Gasteiger charge is 2.34. The normalized spacial score (nSPS) is 17.8. The Morgan fingerprint density at radius 3 is 2.54 bits per heavy atom. The lowest BCUT2D eigenvalue weighted by Gasteiger charge is -2.16. The predicted octanol–water partition coefficient (Wildman–Crippen LogP) is 4.56. The first-order valence-corrected chi connectivity index (χ1v) is 9.99. The maximum atomic E-state index is 12.0. The Morgan fingerprint density at radius 1 is 1.12 bits per heavy atom. The van der Waals surface area contributed by atoms with Crippen LogP contribution >= 0.6 is 0 Å². The smallest absolute Gasteiger partial charge is 0.311 e. The Bertz CT molecular complexity index is 368. The molecule has 0 aromatic carbocycles. The summed E-state index contributed by atoms with van der Waals surface area (Å²) < 4.78 is 5.33. The summed E-state index contributed by atoms with van der Waals surface area (Å²) in [6.45, 7) is 8.52. The predicted molar refractivity (Wildman–Crippen MR) is 97.7 cm³/mol. The highest BCUT2D eigenvalue weighted by Crippen LogP contribution is 2.20. The molecule has 1 heterocycles. The Kier molecular flexibility index (Phi) is 10.8. The van der Waals surface area contributed by atoms with E-state index in [1.54, 1.807) is 0 Å². The van der Waals surface area contributed by atoms with Crippen molar-refractivity contribution in [2.24, 2.45) is 11.8 Å². The number of hydrogen-bond donors (Lipinski definition) is 0. The van der Waals surface area contributed by atoms with Gasteiger partial charge in [0.2, 0.25) is 5.91 Å². The zero-order chi connectivity index (χ0) is 17.8. The molecule has 1 unspecified atom stereocenters. The summed E-state index contributed by atoms with van der Waals surface area (Å²) >= 11 is 0. The lowest BCUT2D eigenvalue weighted by molar-refractivity contribution is -0.148. The minimum Gasteiger partial charge on any atom is -0.465 e. The second-order valence-corrected chi connectivity index (χ2v) is 7.57.